The Hall–Kier alpha value is -3.39. The maximum absolute atomic E-state index is 13.3. The molecule has 0 radical (unpaired) electrons. The zero-order valence-electron chi connectivity index (χ0n) is 16.5. The van der Waals surface area contributed by atoms with Crippen LogP contribution in [0.5, 0.6) is 11.5 Å². The number of aryl methyl sites for hydroxylation is 1. The minimum absolute atomic E-state index is 0.219. The van der Waals surface area contributed by atoms with Gasteiger partial charge in [-0.25, -0.2) is 17.6 Å². The van der Waals surface area contributed by atoms with Crippen molar-refractivity contribution in [3.8, 4) is 11.5 Å². The first-order chi connectivity index (χ1) is 14.2. The third-order valence-electron chi connectivity index (χ3n) is 4.28. The summed E-state index contributed by atoms with van der Waals surface area (Å²) in [7, 11) is -3.25. The fraction of sp³-hybridized carbons (Fsp3) is 0.136. The Morgan fingerprint density at radius 3 is 2.13 bits per heavy atom. The molecule has 0 aliphatic rings. The molecule has 0 aliphatic heterocycles. The number of nitrogens with one attached hydrogen (secondary N) is 2. The number of benzene rings is 3. The number of sulfone groups is 1. The predicted molar refractivity (Wildman–Crippen MR) is 113 cm³/mol. The predicted octanol–water partition coefficient (Wildman–Crippen LogP) is 4.65. The summed E-state index contributed by atoms with van der Waals surface area (Å²) in [6.45, 7) is 1.94. The van der Waals surface area contributed by atoms with E-state index in [2.05, 4.69) is 10.6 Å². The van der Waals surface area contributed by atoms with Crippen LogP contribution in [-0.4, -0.2) is 20.7 Å². The lowest BCUT2D eigenvalue weighted by Crippen LogP contribution is -2.28. The number of hydrogen-bond donors (Lipinski definition) is 2. The maximum atomic E-state index is 13.3. The standard InChI is InChI=1S/C22H21FN2O4S/c1-15-13-16(3-12-21(15)23)14-24-22(26)25-17-4-6-18(7-5-17)29-19-8-10-20(11-9-19)30(2,27)28/h3-13H,14H2,1-2H3,(H2,24,25,26). The summed E-state index contributed by atoms with van der Waals surface area (Å²) in [5.41, 5.74) is 1.90. The van der Waals surface area contributed by atoms with E-state index in [1.165, 1.54) is 18.2 Å². The minimum Gasteiger partial charge on any atom is -0.457 e. The van der Waals surface area contributed by atoms with Gasteiger partial charge < -0.3 is 15.4 Å². The zero-order valence-corrected chi connectivity index (χ0v) is 17.3. The number of halogens is 1. The Morgan fingerprint density at radius 2 is 1.57 bits per heavy atom. The molecule has 0 spiro atoms. The summed E-state index contributed by atoms with van der Waals surface area (Å²) >= 11 is 0. The van der Waals surface area contributed by atoms with E-state index in [1.807, 2.05) is 0 Å². The lowest BCUT2D eigenvalue weighted by Gasteiger charge is -2.10. The minimum atomic E-state index is -3.25. The lowest BCUT2D eigenvalue weighted by atomic mass is 10.1. The molecule has 3 rings (SSSR count). The van der Waals surface area contributed by atoms with Gasteiger partial charge in [-0.05, 0) is 72.6 Å². The van der Waals surface area contributed by atoms with Crippen LogP contribution in [0.2, 0.25) is 0 Å². The summed E-state index contributed by atoms with van der Waals surface area (Å²) in [4.78, 5) is 12.3. The number of amides is 2. The fourth-order valence-corrected chi connectivity index (χ4v) is 3.30. The number of urea groups is 1. The molecule has 0 aliphatic carbocycles. The molecule has 0 saturated heterocycles. The van der Waals surface area contributed by atoms with Crippen molar-refractivity contribution in [1.29, 1.82) is 0 Å². The van der Waals surface area contributed by atoms with Crippen molar-refractivity contribution >= 4 is 21.6 Å². The zero-order chi connectivity index (χ0) is 21.7. The highest BCUT2D eigenvalue weighted by atomic mass is 32.2. The summed E-state index contributed by atoms with van der Waals surface area (Å²) in [6.07, 6.45) is 1.14. The molecular weight excluding hydrogens is 407 g/mol. The average molecular weight is 428 g/mol. The van der Waals surface area contributed by atoms with Crippen LogP contribution < -0.4 is 15.4 Å². The lowest BCUT2D eigenvalue weighted by molar-refractivity contribution is 0.251. The smallest absolute Gasteiger partial charge is 0.319 e. The molecule has 0 atom stereocenters. The van der Waals surface area contributed by atoms with Crippen molar-refractivity contribution in [2.75, 3.05) is 11.6 Å². The molecular formula is C22H21FN2O4S. The average Bonchev–Trinajstić information content (AvgIpc) is 2.70. The third-order valence-corrected chi connectivity index (χ3v) is 5.40. The van der Waals surface area contributed by atoms with Gasteiger partial charge in [-0.15, -0.1) is 0 Å². The van der Waals surface area contributed by atoms with E-state index in [0.29, 0.717) is 22.7 Å². The highest BCUT2D eigenvalue weighted by Crippen LogP contribution is 2.24. The van der Waals surface area contributed by atoms with Crippen molar-refractivity contribution in [3.63, 3.8) is 0 Å². The molecule has 2 amide bonds. The highest BCUT2D eigenvalue weighted by Gasteiger charge is 2.07. The van der Waals surface area contributed by atoms with Crippen molar-refractivity contribution in [3.05, 3.63) is 83.7 Å². The first-order valence-corrected chi connectivity index (χ1v) is 11.0. The molecule has 0 heterocycles. The molecule has 3 aromatic carbocycles. The molecule has 0 unspecified atom stereocenters. The number of ether oxygens (including phenoxy) is 1. The largest absolute Gasteiger partial charge is 0.457 e. The normalized spacial score (nSPS) is 11.0. The molecule has 3 aromatic rings. The van der Waals surface area contributed by atoms with Crippen molar-refractivity contribution in [2.45, 2.75) is 18.4 Å². The molecule has 0 bridgehead atoms. The van der Waals surface area contributed by atoms with Crippen molar-refractivity contribution < 1.29 is 22.3 Å². The quantitative estimate of drug-likeness (QED) is 0.598. The molecule has 8 heteroatoms. The Kier molecular flexibility index (Phi) is 6.37. The Labute approximate surface area is 174 Å². The first-order valence-electron chi connectivity index (χ1n) is 9.08. The van der Waals surface area contributed by atoms with E-state index in [4.69, 9.17) is 4.74 Å². The van der Waals surface area contributed by atoms with Crippen LogP contribution in [-0.2, 0) is 16.4 Å². The van der Waals surface area contributed by atoms with Gasteiger partial charge in [-0.1, -0.05) is 12.1 Å². The summed E-state index contributed by atoms with van der Waals surface area (Å²) < 4.78 is 41.9. The van der Waals surface area contributed by atoms with Gasteiger partial charge in [0.05, 0.1) is 4.90 Å². The SMILES string of the molecule is Cc1cc(CNC(=O)Nc2ccc(Oc3ccc(S(C)(=O)=O)cc3)cc2)ccc1F. The Morgan fingerprint density at radius 1 is 0.967 bits per heavy atom. The second kappa shape index (κ2) is 8.96. The number of carbonyl (C=O) groups excluding carboxylic acids is 1. The van der Waals surface area contributed by atoms with E-state index < -0.39 is 9.84 Å². The van der Waals surface area contributed by atoms with Crippen molar-refractivity contribution in [1.82, 2.24) is 5.32 Å². The highest BCUT2D eigenvalue weighted by molar-refractivity contribution is 7.90. The summed E-state index contributed by atoms with van der Waals surface area (Å²) in [6, 6.07) is 17.1. The van der Waals surface area contributed by atoms with Crippen LogP contribution >= 0.6 is 0 Å². The van der Waals surface area contributed by atoms with E-state index in [0.717, 1.165) is 11.8 Å². The maximum Gasteiger partial charge on any atom is 0.319 e. The first kappa shape index (κ1) is 21.3. The van der Waals surface area contributed by atoms with Gasteiger partial charge in [0.1, 0.15) is 17.3 Å². The van der Waals surface area contributed by atoms with Crippen LogP contribution in [0.3, 0.4) is 0 Å². The van der Waals surface area contributed by atoms with Crippen LogP contribution in [0.1, 0.15) is 11.1 Å². The van der Waals surface area contributed by atoms with E-state index in [1.54, 1.807) is 55.5 Å². The molecule has 0 fully saturated rings. The van der Waals surface area contributed by atoms with Gasteiger partial charge in [0.15, 0.2) is 9.84 Å². The second-order valence-corrected chi connectivity index (χ2v) is 8.78. The number of hydrogen-bond acceptors (Lipinski definition) is 4. The Bertz CT molecular complexity index is 1140. The molecule has 6 nitrogen and oxygen atoms in total. The van der Waals surface area contributed by atoms with Crippen molar-refractivity contribution in [2.24, 2.45) is 0 Å². The van der Waals surface area contributed by atoms with Gasteiger partial charge in [0.25, 0.3) is 0 Å². The third kappa shape index (κ3) is 5.81. The number of carbonyl (C=O) groups is 1. The van der Waals surface area contributed by atoms with Gasteiger partial charge in [0.2, 0.25) is 0 Å². The monoisotopic (exact) mass is 428 g/mol. The summed E-state index contributed by atoms with van der Waals surface area (Å²) in [5, 5.41) is 5.42. The van der Waals surface area contributed by atoms with E-state index in [9.17, 15) is 17.6 Å². The second-order valence-electron chi connectivity index (χ2n) is 6.76. The molecule has 0 saturated carbocycles. The topological polar surface area (TPSA) is 84.5 Å². The van der Waals surface area contributed by atoms with Gasteiger partial charge in [0, 0.05) is 18.5 Å². The molecule has 30 heavy (non-hydrogen) atoms. The number of anilines is 1. The summed E-state index contributed by atoms with van der Waals surface area (Å²) in [5.74, 6) is 0.752. The van der Waals surface area contributed by atoms with Crippen LogP contribution in [0, 0.1) is 12.7 Å². The fourth-order valence-electron chi connectivity index (χ4n) is 2.67. The molecule has 2 N–H and O–H groups in total. The Balaban J connectivity index is 1.53. The number of rotatable bonds is 6. The van der Waals surface area contributed by atoms with Gasteiger partial charge >= 0.3 is 6.03 Å². The molecule has 0 aromatic heterocycles. The van der Waals surface area contributed by atoms with E-state index >= 15 is 0 Å². The molecule has 156 valence electrons. The van der Waals surface area contributed by atoms with Gasteiger partial charge in [-0.2, -0.15) is 0 Å². The van der Waals surface area contributed by atoms with Crippen LogP contribution in [0.4, 0.5) is 14.9 Å². The van der Waals surface area contributed by atoms with E-state index in [-0.39, 0.29) is 23.3 Å². The van der Waals surface area contributed by atoms with Gasteiger partial charge in [-0.3, -0.25) is 0 Å². The van der Waals surface area contributed by atoms with Crippen LogP contribution in [0.25, 0.3) is 0 Å². The van der Waals surface area contributed by atoms with Crippen LogP contribution in [0.15, 0.2) is 71.6 Å².